The first-order valence-corrected chi connectivity index (χ1v) is 9.14. The fourth-order valence-electron chi connectivity index (χ4n) is 3.01. The largest absolute Gasteiger partial charge is 0.486 e. The molecule has 0 bridgehead atoms. The number of ether oxygens (including phenoxy) is 2. The number of carbonyl (C=O) groups is 1. The van der Waals surface area contributed by atoms with Crippen LogP contribution in [0.2, 0.25) is 0 Å². The minimum atomic E-state index is -0.100. The highest BCUT2D eigenvalue weighted by Crippen LogP contribution is 2.34. The molecule has 3 aromatic rings. The lowest BCUT2D eigenvalue weighted by Crippen LogP contribution is -2.31. The average Bonchev–Trinajstić information content (AvgIpc) is 2.77. The van der Waals surface area contributed by atoms with Crippen molar-refractivity contribution in [3.63, 3.8) is 0 Å². The molecule has 5 nitrogen and oxygen atoms in total. The highest BCUT2D eigenvalue weighted by molar-refractivity contribution is 6.06. The van der Waals surface area contributed by atoms with Gasteiger partial charge in [0.25, 0.3) is 5.91 Å². The highest BCUT2D eigenvalue weighted by Gasteiger charge is 2.20. The summed E-state index contributed by atoms with van der Waals surface area (Å²) in [5, 5.41) is 0. The number of anilines is 1. The number of hydrogen-bond acceptors (Lipinski definition) is 4. The summed E-state index contributed by atoms with van der Waals surface area (Å²) in [5.41, 5.74) is 2.42. The Morgan fingerprint density at radius 3 is 2.50 bits per heavy atom. The first kappa shape index (κ1) is 17.8. The lowest BCUT2D eigenvalue weighted by atomic mass is 10.1. The molecule has 28 heavy (non-hydrogen) atoms. The zero-order chi connectivity index (χ0) is 19.2. The fourth-order valence-corrected chi connectivity index (χ4v) is 3.01. The highest BCUT2D eigenvalue weighted by atomic mass is 16.6. The van der Waals surface area contributed by atoms with Crippen LogP contribution in [0.15, 0.2) is 79.1 Å². The maximum atomic E-state index is 13.1. The maximum absolute atomic E-state index is 13.1. The van der Waals surface area contributed by atoms with E-state index in [1.54, 1.807) is 29.4 Å². The van der Waals surface area contributed by atoms with Crippen molar-refractivity contribution in [1.29, 1.82) is 0 Å². The van der Waals surface area contributed by atoms with Gasteiger partial charge in [0.05, 0.1) is 0 Å². The van der Waals surface area contributed by atoms with Crippen molar-refractivity contribution < 1.29 is 14.3 Å². The van der Waals surface area contributed by atoms with Crippen molar-refractivity contribution in [3.05, 3.63) is 90.3 Å². The second-order valence-electron chi connectivity index (χ2n) is 6.29. The van der Waals surface area contributed by atoms with Crippen LogP contribution in [0.3, 0.4) is 0 Å². The third-order valence-corrected chi connectivity index (χ3v) is 4.41. The van der Waals surface area contributed by atoms with E-state index in [-0.39, 0.29) is 5.91 Å². The Morgan fingerprint density at radius 2 is 1.71 bits per heavy atom. The quantitative estimate of drug-likeness (QED) is 0.673. The van der Waals surface area contributed by atoms with Gasteiger partial charge in [0.15, 0.2) is 11.5 Å². The average molecular weight is 372 g/mol. The van der Waals surface area contributed by atoms with Crippen LogP contribution in [0.4, 0.5) is 5.69 Å². The van der Waals surface area contributed by atoms with E-state index in [1.807, 2.05) is 60.7 Å². The second-order valence-corrected chi connectivity index (χ2v) is 6.29. The van der Waals surface area contributed by atoms with Gasteiger partial charge >= 0.3 is 0 Å². The summed E-state index contributed by atoms with van der Waals surface area (Å²) in [6.45, 7) is 1.46. The molecule has 0 saturated heterocycles. The Kier molecular flexibility index (Phi) is 5.33. The standard InChI is InChI=1S/C23H20N2O3/c26-23(19-10-12-24-13-11-19)25(14-4-7-18-5-2-1-3-6-18)20-8-9-21-22(17-20)28-16-15-27-21/h1-13,17H,14-16H2. The fraction of sp³-hybridized carbons (Fsp3) is 0.130. The first-order chi connectivity index (χ1) is 13.8. The first-order valence-electron chi connectivity index (χ1n) is 9.14. The molecule has 2 heterocycles. The zero-order valence-electron chi connectivity index (χ0n) is 15.3. The van der Waals surface area contributed by atoms with Gasteiger partial charge in [-0.2, -0.15) is 0 Å². The molecule has 5 heteroatoms. The molecule has 1 aliphatic rings. The molecule has 4 rings (SSSR count). The summed E-state index contributed by atoms with van der Waals surface area (Å²) >= 11 is 0. The number of nitrogens with zero attached hydrogens (tertiary/aromatic N) is 2. The van der Waals surface area contributed by atoms with Crippen LogP contribution < -0.4 is 14.4 Å². The predicted molar refractivity (Wildman–Crippen MR) is 109 cm³/mol. The van der Waals surface area contributed by atoms with Crippen molar-refractivity contribution in [2.45, 2.75) is 0 Å². The van der Waals surface area contributed by atoms with E-state index in [1.165, 1.54) is 0 Å². The molecule has 1 aliphatic heterocycles. The zero-order valence-corrected chi connectivity index (χ0v) is 15.3. The Balaban J connectivity index is 1.63. The molecule has 0 N–H and O–H groups in total. The van der Waals surface area contributed by atoms with Gasteiger partial charge < -0.3 is 14.4 Å². The van der Waals surface area contributed by atoms with Crippen LogP contribution >= 0.6 is 0 Å². The third kappa shape index (κ3) is 4.04. The van der Waals surface area contributed by atoms with Gasteiger partial charge in [-0.3, -0.25) is 9.78 Å². The monoisotopic (exact) mass is 372 g/mol. The lowest BCUT2D eigenvalue weighted by Gasteiger charge is -2.24. The molecular formula is C23H20N2O3. The van der Waals surface area contributed by atoms with Crippen LogP contribution in [0, 0.1) is 0 Å². The molecule has 1 amide bonds. The molecule has 0 radical (unpaired) electrons. The van der Waals surface area contributed by atoms with Crippen LogP contribution in [-0.2, 0) is 0 Å². The van der Waals surface area contributed by atoms with E-state index < -0.39 is 0 Å². The molecule has 0 fully saturated rings. The van der Waals surface area contributed by atoms with E-state index >= 15 is 0 Å². The second kappa shape index (κ2) is 8.39. The van der Waals surface area contributed by atoms with Gasteiger partial charge in [-0.15, -0.1) is 0 Å². The minimum Gasteiger partial charge on any atom is -0.486 e. The molecule has 0 unspecified atom stereocenters. The Hall–Kier alpha value is -3.60. The van der Waals surface area contributed by atoms with E-state index in [9.17, 15) is 4.79 Å². The van der Waals surface area contributed by atoms with Crippen molar-refractivity contribution >= 4 is 17.7 Å². The lowest BCUT2D eigenvalue weighted by molar-refractivity contribution is 0.0989. The van der Waals surface area contributed by atoms with Crippen molar-refractivity contribution in [2.75, 3.05) is 24.7 Å². The summed E-state index contributed by atoms with van der Waals surface area (Å²) in [6.07, 6.45) is 7.22. The van der Waals surface area contributed by atoms with E-state index in [0.29, 0.717) is 36.8 Å². The molecule has 0 atom stereocenters. The summed E-state index contributed by atoms with van der Waals surface area (Å²) in [5.74, 6) is 1.26. The molecule has 0 saturated carbocycles. The van der Waals surface area contributed by atoms with E-state index in [0.717, 1.165) is 11.3 Å². The van der Waals surface area contributed by atoms with Gasteiger partial charge in [-0.25, -0.2) is 0 Å². The van der Waals surface area contributed by atoms with E-state index in [4.69, 9.17) is 9.47 Å². The summed E-state index contributed by atoms with van der Waals surface area (Å²) in [7, 11) is 0. The van der Waals surface area contributed by atoms with Crippen LogP contribution in [-0.4, -0.2) is 30.6 Å². The molecule has 0 aliphatic carbocycles. The summed E-state index contributed by atoms with van der Waals surface area (Å²) in [4.78, 5) is 18.9. The van der Waals surface area contributed by atoms with Gasteiger partial charge in [-0.05, 0) is 29.8 Å². The van der Waals surface area contributed by atoms with E-state index in [2.05, 4.69) is 4.98 Å². The van der Waals surface area contributed by atoms with Crippen LogP contribution in [0.25, 0.3) is 6.08 Å². The summed E-state index contributed by atoms with van der Waals surface area (Å²) < 4.78 is 11.3. The number of hydrogen-bond donors (Lipinski definition) is 0. The molecule has 140 valence electrons. The smallest absolute Gasteiger partial charge is 0.258 e. The van der Waals surface area contributed by atoms with Crippen molar-refractivity contribution in [3.8, 4) is 11.5 Å². The maximum Gasteiger partial charge on any atom is 0.258 e. The number of amides is 1. The van der Waals surface area contributed by atoms with Gasteiger partial charge in [0, 0.05) is 36.3 Å². The molecule has 0 spiro atoms. The van der Waals surface area contributed by atoms with Gasteiger partial charge in [-0.1, -0.05) is 42.5 Å². The normalized spacial score (nSPS) is 12.7. The Morgan fingerprint density at radius 1 is 0.964 bits per heavy atom. The minimum absolute atomic E-state index is 0.100. The van der Waals surface area contributed by atoms with Crippen molar-refractivity contribution in [2.24, 2.45) is 0 Å². The number of benzene rings is 2. The molecule has 1 aromatic heterocycles. The number of aromatic nitrogens is 1. The Bertz CT molecular complexity index is 972. The van der Waals surface area contributed by atoms with Gasteiger partial charge in [0.1, 0.15) is 13.2 Å². The number of rotatable bonds is 5. The predicted octanol–water partition coefficient (Wildman–Crippen LogP) is 4.21. The molecule has 2 aromatic carbocycles. The van der Waals surface area contributed by atoms with Crippen LogP contribution in [0.5, 0.6) is 11.5 Å². The third-order valence-electron chi connectivity index (χ3n) is 4.41. The van der Waals surface area contributed by atoms with Crippen LogP contribution in [0.1, 0.15) is 15.9 Å². The number of fused-ring (bicyclic) bond motifs is 1. The van der Waals surface area contributed by atoms with Gasteiger partial charge in [0.2, 0.25) is 0 Å². The molecular weight excluding hydrogens is 352 g/mol. The van der Waals surface area contributed by atoms with Crippen molar-refractivity contribution in [1.82, 2.24) is 4.98 Å². The Labute approximate surface area is 163 Å². The number of carbonyl (C=O) groups excluding carboxylic acids is 1. The summed E-state index contributed by atoms with van der Waals surface area (Å²) in [6, 6.07) is 19.0. The topological polar surface area (TPSA) is 51.7 Å². The number of pyridine rings is 1. The SMILES string of the molecule is O=C(c1ccncc1)N(CC=Cc1ccccc1)c1ccc2c(c1)OCCO2.